The standard InChI is InChI=1S/C14H25F3N2O2/c1-3-19(4-2)10-9-18-13(12(20)21)7-5-11(6-8-13)14(15,16)17/h11,18H,3-10H2,1-2H3,(H,20,21). The zero-order valence-corrected chi connectivity index (χ0v) is 12.7. The highest BCUT2D eigenvalue weighted by Crippen LogP contribution is 2.41. The Morgan fingerprint density at radius 3 is 2.19 bits per heavy atom. The second kappa shape index (κ2) is 7.45. The number of likely N-dealkylation sites (N-methyl/N-ethyl adjacent to an activating group) is 1. The quantitative estimate of drug-likeness (QED) is 0.758. The number of hydrogen-bond acceptors (Lipinski definition) is 3. The summed E-state index contributed by atoms with van der Waals surface area (Å²) >= 11 is 0. The van der Waals surface area contributed by atoms with E-state index in [1.165, 1.54) is 0 Å². The van der Waals surface area contributed by atoms with Gasteiger partial charge in [-0.3, -0.25) is 4.79 Å². The molecule has 1 saturated carbocycles. The smallest absolute Gasteiger partial charge is 0.391 e. The number of alkyl halides is 3. The van der Waals surface area contributed by atoms with E-state index in [2.05, 4.69) is 10.2 Å². The van der Waals surface area contributed by atoms with Gasteiger partial charge in [0.1, 0.15) is 5.54 Å². The first kappa shape index (κ1) is 18.2. The zero-order valence-electron chi connectivity index (χ0n) is 12.7. The molecular weight excluding hydrogens is 285 g/mol. The first-order valence-corrected chi connectivity index (χ1v) is 7.52. The van der Waals surface area contributed by atoms with Crippen LogP contribution in [0.1, 0.15) is 39.5 Å². The predicted octanol–water partition coefficient (Wildman–Crippen LogP) is 2.49. The van der Waals surface area contributed by atoms with Gasteiger partial charge in [-0.2, -0.15) is 13.2 Å². The molecule has 0 atom stereocenters. The molecule has 21 heavy (non-hydrogen) atoms. The molecule has 1 aliphatic carbocycles. The van der Waals surface area contributed by atoms with Crippen molar-refractivity contribution in [3.8, 4) is 0 Å². The molecule has 2 N–H and O–H groups in total. The summed E-state index contributed by atoms with van der Waals surface area (Å²) in [7, 11) is 0. The molecule has 7 heteroatoms. The summed E-state index contributed by atoms with van der Waals surface area (Å²) in [6.07, 6.45) is -4.39. The first-order chi connectivity index (χ1) is 9.75. The fourth-order valence-corrected chi connectivity index (χ4v) is 2.90. The van der Waals surface area contributed by atoms with Crippen molar-refractivity contribution in [2.45, 2.75) is 51.2 Å². The Kier molecular flexibility index (Phi) is 6.46. The minimum atomic E-state index is -4.22. The highest BCUT2D eigenvalue weighted by Gasteiger charge is 2.48. The lowest BCUT2D eigenvalue weighted by Gasteiger charge is -2.38. The maximum absolute atomic E-state index is 12.7. The van der Waals surface area contributed by atoms with Gasteiger partial charge in [0.25, 0.3) is 0 Å². The number of carboxylic acids is 1. The monoisotopic (exact) mass is 310 g/mol. The lowest BCUT2D eigenvalue weighted by atomic mass is 9.76. The van der Waals surface area contributed by atoms with Crippen molar-refractivity contribution in [3.05, 3.63) is 0 Å². The number of aliphatic carboxylic acids is 1. The highest BCUT2D eigenvalue weighted by molar-refractivity contribution is 5.78. The van der Waals surface area contributed by atoms with Crippen LogP contribution in [-0.2, 0) is 4.79 Å². The summed E-state index contributed by atoms with van der Waals surface area (Å²) in [5, 5.41) is 12.4. The highest BCUT2D eigenvalue weighted by atomic mass is 19.4. The Bertz CT molecular complexity index is 336. The lowest BCUT2D eigenvalue weighted by Crippen LogP contribution is -2.56. The van der Waals surface area contributed by atoms with E-state index in [-0.39, 0.29) is 25.7 Å². The minimum absolute atomic E-state index is 0.0325. The molecule has 1 rings (SSSR count). The van der Waals surface area contributed by atoms with Crippen molar-refractivity contribution in [2.24, 2.45) is 5.92 Å². The first-order valence-electron chi connectivity index (χ1n) is 7.52. The molecule has 0 bridgehead atoms. The van der Waals surface area contributed by atoms with Crippen molar-refractivity contribution in [1.82, 2.24) is 10.2 Å². The number of nitrogens with zero attached hydrogens (tertiary/aromatic N) is 1. The number of hydrogen-bond donors (Lipinski definition) is 2. The Morgan fingerprint density at radius 2 is 1.81 bits per heavy atom. The summed E-state index contributed by atoms with van der Waals surface area (Å²) in [6, 6.07) is 0. The fraction of sp³-hybridized carbons (Fsp3) is 0.929. The molecule has 4 nitrogen and oxygen atoms in total. The molecule has 1 aliphatic rings. The van der Waals surface area contributed by atoms with Gasteiger partial charge in [-0.25, -0.2) is 0 Å². The topological polar surface area (TPSA) is 52.6 Å². The average molecular weight is 310 g/mol. The van der Waals surface area contributed by atoms with Crippen LogP contribution in [0.25, 0.3) is 0 Å². The van der Waals surface area contributed by atoms with E-state index in [0.717, 1.165) is 13.1 Å². The molecule has 0 spiro atoms. The maximum Gasteiger partial charge on any atom is 0.391 e. The molecule has 0 aromatic rings. The SMILES string of the molecule is CCN(CC)CCNC1(C(=O)O)CCC(C(F)(F)F)CC1. The average Bonchev–Trinajstić information content (AvgIpc) is 2.43. The Balaban J connectivity index is 2.56. The van der Waals surface area contributed by atoms with E-state index in [4.69, 9.17) is 0 Å². The molecule has 1 fully saturated rings. The molecule has 0 aromatic heterocycles. The summed E-state index contributed by atoms with van der Waals surface area (Å²) in [5.41, 5.74) is -1.20. The molecule has 0 amide bonds. The van der Waals surface area contributed by atoms with Gasteiger partial charge in [0, 0.05) is 13.1 Å². The number of carboxylic acid groups (broad SMARTS) is 1. The van der Waals surface area contributed by atoms with Gasteiger partial charge in [0.15, 0.2) is 0 Å². The predicted molar refractivity (Wildman–Crippen MR) is 74.2 cm³/mol. The van der Waals surface area contributed by atoms with Crippen LogP contribution >= 0.6 is 0 Å². The van der Waals surface area contributed by atoms with E-state index in [0.29, 0.717) is 13.1 Å². The van der Waals surface area contributed by atoms with Gasteiger partial charge < -0.3 is 15.3 Å². The van der Waals surface area contributed by atoms with E-state index in [1.807, 2.05) is 13.8 Å². The van der Waals surface area contributed by atoms with Crippen molar-refractivity contribution in [2.75, 3.05) is 26.2 Å². The van der Waals surface area contributed by atoms with Gasteiger partial charge in [0.05, 0.1) is 5.92 Å². The van der Waals surface area contributed by atoms with Crippen LogP contribution in [0, 0.1) is 5.92 Å². The number of halogens is 3. The maximum atomic E-state index is 12.7. The van der Waals surface area contributed by atoms with Gasteiger partial charge in [-0.05, 0) is 38.8 Å². The van der Waals surface area contributed by atoms with Crippen molar-refractivity contribution in [3.63, 3.8) is 0 Å². The Morgan fingerprint density at radius 1 is 1.29 bits per heavy atom. The molecule has 0 saturated heterocycles. The third kappa shape index (κ3) is 4.85. The van der Waals surface area contributed by atoms with Crippen LogP contribution < -0.4 is 5.32 Å². The van der Waals surface area contributed by atoms with Gasteiger partial charge in [-0.15, -0.1) is 0 Å². The molecular formula is C14H25F3N2O2. The second-order valence-corrected chi connectivity index (χ2v) is 5.66. The summed E-state index contributed by atoms with van der Waals surface area (Å²) in [5.74, 6) is -2.41. The van der Waals surface area contributed by atoms with Crippen molar-refractivity contribution >= 4 is 5.97 Å². The van der Waals surface area contributed by atoms with Crippen LogP contribution in [0.4, 0.5) is 13.2 Å². The zero-order chi connectivity index (χ0) is 16.1. The number of carbonyl (C=O) groups is 1. The largest absolute Gasteiger partial charge is 0.480 e. The van der Waals surface area contributed by atoms with Gasteiger partial charge in [0.2, 0.25) is 0 Å². The summed E-state index contributed by atoms with van der Waals surface area (Å²) < 4.78 is 38.0. The fourth-order valence-electron chi connectivity index (χ4n) is 2.90. The molecule has 0 aliphatic heterocycles. The van der Waals surface area contributed by atoms with E-state index >= 15 is 0 Å². The van der Waals surface area contributed by atoms with Crippen LogP contribution in [0.2, 0.25) is 0 Å². The van der Waals surface area contributed by atoms with Gasteiger partial charge >= 0.3 is 12.1 Å². The summed E-state index contributed by atoms with van der Waals surface area (Å²) in [6.45, 7) is 6.95. The molecule has 0 radical (unpaired) electrons. The lowest BCUT2D eigenvalue weighted by molar-refractivity contribution is -0.188. The molecule has 124 valence electrons. The third-order valence-corrected chi connectivity index (χ3v) is 4.50. The van der Waals surface area contributed by atoms with Crippen LogP contribution in [0.15, 0.2) is 0 Å². The van der Waals surface area contributed by atoms with Crippen LogP contribution in [-0.4, -0.2) is 53.9 Å². The Hall–Kier alpha value is -0.820. The van der Waals surface area contributed by atoms with Gasteiger partial charge in [-0.1, -0.05) is 13.8 Å². The van der Waals surface area contributed by atoms with Crippen LogP contribution in [0.3, 0.4) is 0 Å². The molecule has 0 heterocycles. The molecule has 0 unspecified atom stereocenters. The van der Waals surface area contributed by atoms with Crippen LogP contribution in [0.5, 0.6) is 0 Å². The minimum Gasteiger partial charge on any atom is -0.480 e. The number of nitrogens with one attached hydrogen (secondary N) is 1. The summed E-state index contributed by atoms with van der Waals surface area (Å²) in [4.78, 5) is 13.6. The van der Waals surface area contributed by atoms with E-state index in [1.54, 1.807) is 0 Å². The van der Waals surface area contributed by atoms with E-state index in [9.17, 15) is 23.1 Å². The normalized spacial score (nSPS) is 27.0. The van der Waals surface area contributed by atoms with Crippen molar-refractivity contribution < 1.29 is 23.1 Å². The second-order valence-electron chi connectivity index (χ2n) is 5.66. The van der Waals surface area contributed by atoms with E-state index < -0.39 is 23.6 Å². The van der Waals surface area contributed by atoms with Crippen molar-refractivity contribution in [1.29, 1.82) is 0 Å². The molecule has 0 aromatic carbocycles. The Labute approximate surface area is 123 Å². The third-order valence-electron chi connectivity index (χ3n) is 4.50. The number of rotatable bonds is 7.